The van der Waals surface area contributed by atoms with Crippen LogP contribution in [-0.4, -0.2) is 23.7 Å². The summed E-state index contributed by atoms with van der Waals surface area (Å²) in [6.45, 7) is 7.87. The Hall–Kier alpha value is -1.62. The molecule has 1 N–H and O–H groups in total. The number of anilines is 1. The SMILES string of the molecule is CCCn1cc(NC(=O)CCOCC(C)C)ccc1=O. The van der Waals surface area contributed by atoms with E-state index in [1.807, 2.05) is 6.92 Å². The zero-order valence-electron chi connectivity index (χ0n) is 12.5. The number of ether oxygens (including phenoxy) is 1. The number of nitrogens with one attached hydrogen (secondary N) is 1. The molecule has 1 aromatic rings. The molecule has 1 amide bonds. The second kappa shape index (κ2) is 8.53. The van der Waals surface area contributed by atoms with Gasteiger partial charge in [0, 0.05) is 25.4 Å². The highest BCUT2D eigenvalue weighted by atomic mass is 16.5. The standard InChI is InChI=1S/C15H24N2O3/c1-4-8-17-10-13(5-6-15(17)19)16-14(18)7-9-20-11-12(2)3/h5-6,10,12H,4,7-9,11H2,1-3H3,(H,16,18). The van der Waals surface area contributed by atoms with Crippen molar-refractivity contribution in [2.45, 2.75) is 40.2 Å². The van der Waals surface area contributed by atoms with Crippen LogP contribution in [0.15, 0.2) is 23.1 Å². The van der Waals surface area contributed by atoms with Crippen molar-refractivity contribution in [1.82, 2.24) is 4.57 Å². The molecule has 0 aliphatic rings. The third-order valence-corrected chi connectivity index (χ3v) is 2.66. The van der Waals surface area contributed by atoms with Crippen molar-refractivity contribution in [3.05, 3.63) is 28.7 Å². The molecule has 0 fully saturated rings. The molecule has 0 bridgehead atoms. The zero-order valence-corrected chi connectivity index (χ0v) is 12.5. The fraction of sp³-hybridized carbons (Fsp3) is 0.600. The maximum atomic E-state index is 11.7. The number of aryl methyl sites for hydroxylation is 1. The largest absolute Gasteiger partial charge is 0.381 e. The first-order valence-electron chi connectivity index (χ1n) is 7.11. The third kappa shape index (κ3) is 6.02. The third-order valence-electron chi connectivity index (χ3n) is 2.66. The minimum Gasteiger partial charge on any atom is -0.381 e. The van der Waals surface area contributed by atoms with E-state index in [4.69, 9.17) is 4.74 Å². The van der Waals surface area contributed by atoms with Crippen LogP contribution < -0.4 is 10.9 Å². The average Bonchev–Trinajstić information content (AvgIpc) is 2.39. The van der Waals surface area contributed by atoms with Crippen LogP contribution >= 0.6 is 0 Å². The van der Waals surface area contributed by atoms with Gasteiger partial charge in [-0.05, 0) is 18.4 Å². The van der Waals surface area contributed by atoms with Crippen molar-refractivity contribution in [3.8, 4) is 0 Å². The monoisotopic (exact) mass is 280 g/mol. The Bertz CT molecular complexity index is 480. The molecule has 0 saturated heterocycles. The summed E-state index contributed by atoms with van der Waals surface area (Å²) in [5, 5.41) is 2.78. The van der Waals surface area contributed by atoms with Gasteiger partial charge in [-0.3, -0.25) is 9.59 Å². The molecule has 0 aliphatic heterocycles. The molecule has 0 aromatic carbocycles. The molecule has 0 radical (unpaired) electrons. The Morgan fingerprint density at radius 3 is 2.80 bits per heavy atom. The van der Waals surface area contributed by atoms with Gasteiger partial charge in [-0.25, -0.2) is 0 Å². The summed E-state index contributed by atoms with van der Waals surface area (Å²) < 4.78 is 6.97. The maximum Gasteiger partial charge on any atom is 0.250 e. The summed E-state index contributed by atoms with van der Waals surface area (Å²) in [5.41, 5.74) is 0.594. The molecule has 1 aromatic heterocycles. The number of hydrogen-bond acceptors (Lipinski definition) is 3. The summed E-state index contributed by atoms with van der Waals surface area (Å²) in [5.74, 6) is 0.367. The van der Waals surface area contributed by atoms with Gasteiger partial charge in [-0.1, -0.05) is 20.8 Å². The molecule has 5 nitrogen and oxygen atoms in total. The van der Waals surface area contributed by atoms with E-state index < -0.39 is 0 Å². The Morgan fingerprint density at radius 2 is 2.15 bits per heavy atom. The second-order valence-electron chi connectivity index (χ2n) is 5.22. The Labute approximate surface area is 119 Å². The zero-order chi connectivity index (χ0) is 15.0. The van der Waals surface area contributed by atoms with Gasteiger partial charge in [0.25, 0.3) is 5.56 Å². The molecular formula is C15H24N2O3. The number of carbonyl (C=O) groups excluding carboxylic acids is 1. The van der Waals surface area contributed by atoms with E-state index in [0.717, 1.165) is 6.42 Å². The number of carbonyl (C=O) groups is 1. The van der Waals surface area contributed by atoms with E-state index in [9.17, 15) is 9.59 Å². The molecule has 5 heteroatoms. The summed E-state index contributed by atoms with van der Waals surface area (Å²) >= 11 is 0. The van der Waals surface area contributed by atoms with Gasteiger partial charge in [0.05, 0.1) is 18.7 Å². The van der Waals surface area contributed by atoms with Gasteiger partial charge in [0.1, 0.15) is 0 Å². The van der Waals surface area contributed by atoms with Crippen LogP contribution in [0.4, 0.5) is 5.69 Å². The summed E-state index contributed by atoms with van der Waals surface area (Å²) in [4.78, 5) is 23.3. The normalized spacial score (nSPS) is 10.8. The number of hydrogen-bond donors (Lipinski definition) is 1. The molecule has 0 atom stereocenters. The van der Waals surface area contributed by atoms with Crippen molar-refractivity contribution in [2.75, 3.05) is 18.5 Å². The predicted octanol–water partition coefficient (Wildman–Crippen LogP) is 2.26. The van der Waals surface area contributed by atoms with Gasteiger partial charge >= 0.3 is 0 Å². The number of pyridine rings is 1. The fourth-order valence-corrected chi connectivity index (χ4v) is 1.73. The molecule has 0 saturated carbocycles. The van der Waals surface area contributed by atoms with Crippen molar-refractivity contribution in [3.63, 3.8) is 0 Å². The lowest BCUT2D eigenvalue weighted by molar-refractivity contribution is -0.117. The Morgan fingerprint density at radius 1 is 1.40 bits per heavy atom. The first kappa shape index (κ1) is 16.4. The topological polar surface area (TPSA) is 60.3 Å². The Balaban J connectivity index is 2.45. The number of aromatic nitrogens is 1. The number of rotatable bonds is 8. The van der Waals surface area contributed by atoms with E-state index in [1.165, 1.54) is 6.07 Å². The first-order valence-corrected chi connectivity index (χ1v) is 7.11. The van der Waals surface area contributed by atoms with E-state index in [2.05, 4.69) is 19.2 Å². The van der Waals surface area contributed by atoms with E-state index >= 15 is 0 Å². The van der Waals surface area contributed by atoms with Crippen LogP contribution in [0.25, 0.3) is 0 Å². The summed E-state index contributed by atoms with van der Waals surface area (Å²) in [6.07, 6.45) is 2.87. The predicted molar refractivity (Wildman–Crippen MR) is 79.9 cm³/mol. The van der Waals surface area contributed by atoms with Crippen LogP contribution in [0.2, 0.25) is 0 Å². The molecule has 0 aliphatic carbocycles. The van der Waals surface area contributed by atoms with Crippen molar-refractivity contribution < 1.29 is 9.53 Å². The highest BCUT2D eigenvalue weighted by molar-refractivity contribution is 5.90. The lowest BCUT2D eigenvalue weighted by Gasteiger charge is -2.09. The van der Waals surface area contributed by atoms with Gasteiger partial charge in [0.15, 0.2) is 0 Å². The molecule has 20 heavy (non-hydrogen) atoms. The van der Waals surface area contributed by atoms with E-state index in [1.54, 1.807) is 16.8 Å². The van der Waals surface area contributed by atoms with Crippen molar-refractivity contribution in [1.29, 1.82) is 0 Å². The molecule has 112 valence electrons. The van der Waals surface area contributed by atoms with Crippen LogP contribution in [-0.2, 0) is 16.1 Å². The molecule has 1 heterocycles. The number of nitrogens with zero attached hydrogens (tertiary/aromatic N) is 1. The highest BCUT2D eigenvalue weighted by Gasteiger charge is 2.04. The fourth-order valence-electron chi connectivity index (χ4n) is 1.73. The molecule has 0 unspecified atom stereocenters. The molecule has 1 rings (SSSR count). The van der Waals surface area contributed by atoms with Gasteiger partial charge < -0.3 is 14.6 Å². The van der Waals surface area contributed by atoms with Crippen LogP contribution in [0.1, 0.15) is 33.6 Å². The smallest absolute Gasteiger partial charge is 0.250 e. The summed E-state index contributed by atoms with van der Waals surface area (Å²) in [6, 6.07) is 3.10. The Kier molecular flexibility index (Phi) is 7.01. The van der Waals surface area contributed by atoms with Crippen LogP contribution in [0.5, 0.6) is 0 Å². The van der Waals surface area contributed by atoms with Crippen LogP contribution in [0, 0.1) is 5.92 Å². The van der Waals surface area contributed by atoms with E-state index in [-0.39, 0.29) is 11.5 Å². The second-order valence-corrected chi connectivity index (χ2v) is 5.22. The van der Waals surface area contributed by atoms with Crippen molar-refractivity contribution >= 4 is 11.6 Å². The lowest BCUT2D eigenvalue weighted by Crippen LogP contribution is -2.21. The minimum absolute atomic E-state index is 0.0508. The lowest BCUT2D eigenvalue weighted by atomic mass is 10.2. The minimum atomic E-state index is -0.101. The molecular weight excluding hydrogens is 256 g/mol. The quantitative estimate of drug-likeness (QED) is 0.743. The van der Waals surface area contributed by atoms with E-state index in [0.29, 0.717) is 37.8 Å². The van der Waals surface area contributed by atoms with Crippen molar-refractivity contribution in [2.24, 2.45) is 5.92 Å². The maximum absolute atomic E-state index is 11.7. The van der Waals surface area contributed by atoms with Gasteiger partial charge in [-0.2, -0.15) is 0 Å². The van der Waals surface area contributed by atoms with Gasteiger partial charge in [-0.15, -0.1) is 0 Å². The first-order chi connectivity index (χ1) is 9.52. The number of amides is 1. The average molecular weight is 280 g/mol. The van der Waals surface area contributed by atoms with Gasteiger partial charge in [0.2, 0.25) is 5.91 Å². The highest BCUT2D eigenvalue weighted by Crippen LogP contribution is 2.05. The molecule has 0 spiro atoms. The summed E-state index contributed by atoms with van der Waals surface area (Å²) in [7, 11) is 0. The van der Waals surface area contributed by atoms with Crippen LogP contribution in [0.3, 0.4) is 0 Å².